The quantitative estimate of drug-likeness (QED) is 0.187. The van der Waals surface area contributed by atoms with Crippen LogP contribution >= 0.6 is 0 Å². The number of aromatic amines is 1. The highest BCUT2D eigenvalue weighted by Crippen LogP contribution is 2.37. The Morgan fingerprint density at radius 1 is 0.651 bits per heavy atom. The van der Waals surface area contributed by atoms with Gasteiger partial charge < -0.3 is 14.5 Å². The summed E-state index contributed by atoms with van der Waals surface area (Å²) < 4.78 is 11.1. The second kappa shape index (κ2) is 12.6. The number of nitrogens with zero attached hydrogens (tertiary/aromatic N) is 2. The molecule has 1 N–H and O–H groups in total. The van der Waals surface area contributed by atoms with Crippen LogP contribution in [0.5, 0.6) is 11.5 Å². The highest BCUT2D eigenvalue weighted by Gasteiger charge is 2.21. The monoisotopic (exact) mass is 557 g/mol. The smallest absolute Gasteiger partial charge is 0.162 e. The van der Waals surface area contributed by atoms with Crippen LogP contribution in [-0.2, 0) is 0 Å². The summed E-state index contributed by atoms with van der Waals surface area (Å²) in [7, 11) is 0. The number of aliphatic imine (C=N–C) groups is 2. The molecule has 0 aliphatic carbocycles. The van der Waals surface area contributed by atoms with E-state index >= 15 is 0 Å². The molecule has 0 saturated carbocycles. The van der Waals surface area contributed by atoms with Gasteiger partial charge in [-0.3, -0.25) is 0 Å². The van der Waals surface area contributed by atoms with Crippen LogP contribution in [0.3, 0.4) is 0 Å². The number of ether oxygens (including phenoxy) is 2. The Morgan fingerprint density at radius 2 is 1.21 bits per heavy atom. The predicted molar refractivity (Wildman–Crippen MR) is 175 cm³/mol. The third-order valence-corrected chi connectivity index (χ3v) is 6.89. The van der Waals surface area contributed by atoms with E-state index < -0.39 is 0 Å². The van der Waals surface area contributed by atoms with Crippen LogP contribution in [0.2, 0.25) is 0 Å². The van der Waals surface area contributed by atoms with Gasteiger partial charge >= 0.3 is 0 Å². The van der Waals surface area contributed by atoms with E-state index in [1.54, 1.807) is 0 Å². The zero-order valence-corrected chi connectivity index (χ0v) is 23.3. The molecule has 0 fully saturated rings. The Balaban J connectivity index is 1.42. The number of hydrogen-bond donors (Lipinski definition) is 1. The van der Waals surface area contributed by atoms with Crippen molar-refractivity contribution in [1.29, 1.82) is 0 Å². The van der Waals surface area contributed by atoms with Crippen LogP contribution in [0.4, 0.5) is 5.82 Å². The number of aromatic nitrogens is 1. The van der Waals surface area contributed by atoms with Crippen molar-refractivity contribution in [3.05, 3.63) is 132 Å². The van der Waals surface area contributed by atoms with Gasteiger partial charge in [0.1, 0.15) is 30.5 Å². The van der Waals surface area contributed by atoms with Crippen LogP contribution < -0.4 is 9.47 Å². The molecule has 0 amide bonds. The summed E-state index contributed by atoms with van der Waals surface area (Å²) in [5.41, 5.74) is 7.69. The van der Waals surface area contributed by atoms with E-state index in [-0.39, 0.29) is 13.2 Å². The molecule has 1 aliphatic rings. The summed E-state index contributed by atoms with van der Waals surface area (Å²) in [6.07, 6.45) is 12.7. The normalized spacial score (nSPS) is 13.1. The summed E-state index contributed by atoms with van der Waals surface area (Å²) in [4.78, 5) is 13.7. The second-order valence-corrected chi connectivity index (χ2v) is 9.70. The molecule has 0 radical (unpaired) electrons. The van der Waals surface area contributed by atoms with Gasteiger partial charge in [-0.15, -0.1) is 12.8 Å². The van der Waals surface area contributed by atoms with Crippen molar-refractivity contribution in [2.24, 2.45) is 9.98 Å². The lowest BCUT2D eigenvalue weighted by atomic mass is 10.0. The lowest BCUT2D eigenvalue weighted by Crippen LogP contribution is -1.97. The Hall–Kier alpha value is -6.04. The lowest BCUT2D eigenvalue weighted by molar-refractivity contribution is 0.370. The number of H-pyrrole nitrogens is 1. The van der Waals surface area contributed by atoms with Gasteiger partial charge in [-0.2, -0.15) is 0 Å². The van der Waals surface area contributed by atoms with Gasteiger partial charge in [0.05, 0.1) is 5.71 Å². The maximum absolute atomic E-state index is 5.55. The summed E-state index contributed by atoms with van der Waals surface area (Å²) >= 11 is 0. The van der Waals surface area contributed by atoms with Gasteiger partial charge in [0.15, 0.2) is 5.84 Å². The van der Waals surface area contributed by atoms with Crippen molar-refractivity contribution in [1.82, 2.24) is 4.98 Å². The number of nitrogens with one attached hydrogen (secondary N) is 1. The van der Waals surface area contributed by atoms with E-state index in [0.29, 0.717) is 17.4 Å². The highest BCUT2D eigenvalue weighted by atomic mass is 16.5. The number of benzene rings is 4. The number of rotatable bonds is 9. The highest BCUT2D eigenvalue weighted by molar-refractivity contribution is 6.38. The molecule has 0 bridgehead atoms. The fraction of sp³-hybridized carbons (Fsp3) is 0.0526. The molecule has 0 atom stereocenters. The molecule has 0 saturated heterocycles. The standard InChI is InChI=1S/C38H27N3O2/c1-3-23-42-31-19-15-29(16-20-31)35-25-33(27-11-7-5-8-12-27)37(39-35)41-38-34(28-13-9-6-10-14-28)26-36(40-38)30-17-21-32(22-18-30)43-24-4-2/h1-2,5-22,25-26,39H,23-24H2/b41-38-. The Kier molecular flexibility index (Phi) is 7.98. The Labute approximate surface area is 251 Å². The zero-order valence-electron chi connectivity index (χ0n) is 23.3. The van der Waals surface area contributed by atoms with Gasteiger partial charge in [-0.25, -0.2) is 9.98 Å². The van der Waals surface area contributed by atoms with E-state index in [9.17, 15) is 0 Å². The van der Waals surface area contributed by atoms with E-state index in [1.807, 2.05) is 84.9 Å². The molecule has 206 valence electrons. The molecule has 0 spiro atoms. The molecule has 43 heavy (non-hydrogen) atoms. The number of allylic oxidation sites excluding steroid dienone is 1. The first-order valence-electron chi connectivity index (χ1n) is 13.8. The van der Waals surface area contributed by atoms with E-state index in [0.717, 1.165) is 50.5 Å². The van der Waals surface area contributed by atoms with E-state index in [2.05, 4.69) is 53.2 Å². The van der Waals surface area contributed by atoms with Gasteiger partial charge in [0, 0.05) is 22.4 Å². The average Bonchev–Trinajstić information content (AvgIpc) is 3.69. The molecule has 6 rings (SSSR count). The fourth-order valence-electron chi connectivity index (χ4n) is 4.80. The van der Waals surface area contributed by atoms with Crippen molar-refractivity contribution in [3.8, 4) is 58.6 Å². The largest absolute Gasteiger partial charge is 0.481 e. The van der Waals surface area contributed by atoms with Crippen LogP contribution in [0.15, 0.2) is 131 Å². The first kappa shape index (κ1) is 27.1. The second-order valence-electron chi connectivity index (χ2n) is 9.70. The molecule has 5 heteroatoms. The van der Waals surface area contributed by atoms with E-state index in [4.69, 9.17) is 32.3 Å². The van der Waals surface area contributed by atoms with Crippen LogP contribution in [0.25, 0.3) is 28.0 Å². The molecule has 2 heterocycles. The summed E-state index contributed by atoms with van der Waals surface area (Å²) in [5, 5.41) is 0. The SMILES string of the molecule is C#CCOc1ccc(C2=N/C(=N\c3[nH]c(-c4ccc(OCC#C)cc4)cc3-c3ccccc3)C(c3ccccc3)=C2)cc1. The molecule has 5 aromatic rings. The van der Waals surface area contributed by atoms with E-state index in [1.165, 1.54) is 0 Å². The number of terminal acetylenes is 2. The maximum atomic E-state index is 5.55. The van der Waals surface area contributed by atoms with Crippen LogP contribution in [-0.4, -0.2) is 29.7 Å². The van der Waals surface area contributed by atoms with Gasteiger partial charge in [0.2, 0.25) is 0 Å². The molecule has 1 aromatic heterocycles. The number of amidine groups is 1. The summed E-state index contributed by atoms with van der Waals surface area (Å²) in [5.74, 6) is 7.76. The Bertz CT molecular complexity index is 1900. The van der Waals surface area contributed by atoms with Crippen molar-refractivity contribution in [3.63, 3.8) is 0 Å². The fourth-order valence-corrected chi connectivity index (χ4v) is 4.80. The van der Waals surface area contributed by atoms with Crippen molar-refractivity contribution in [2.75, 3.05) is 13.2 Å². The number of hydrogen-bond acceptors (Lipinski definition) is 3. The average molecular weight is 558 g/mol. The van der Waals surface area contributed by atoms with Crippen LogP contribution in [0, 0.1) is 24.7 Å². The lowest BCUT2D eigenvalue weighted by Gasteiger charge is -2.05. The topological polar surface area (TPSA) is 59.0 Å². The third kappa shape index (κ3) is 6.17. The first-order valence-corrected chi connectivity index (χ1v) is 13.8. The minimum atomic E-state index is 0.223. The maximum Gasteiger partial charge on any atom is 0.162 e. The van der Waals surface area contributed by atoms with Crippen molar-refractivity contribution >= 4 is 22.9 Å². The molecule has 4 aromatic carbocycles. The molecular formula is C38H27N3O2. The summed E-state index contributed by atoms with van der Waals surface area (Å²) in [6.45, 7) is 0.450. The van der Waals surface area contributed by atoms with Crippen LogP contribution in [0.1, 0.15) is 11.1 Å². The minimum absolute atomic E-state index is 0.223. The Morgan fingerprint density at radius 3 is 1.79 bits per heavy atom. The molecule has 5 nitrogen and oxygen atoms in total. The minimum Gasteiger partial charge on any atom is -0.481 e. The predicted octanol–water partition coefficient (Wildman–Crippen LogP) is 7.99. The molecular weight excluding hydrogens is 530 g/mol. The molecule has 0 unspecified atom stereocenters. The van der Waals surface area contributed by atoms with Gasteiger partial charge in [0.25, 0.3) is 0 Å². The molecule has 1 aliphatic heterocycles. The van der Waals surface area contributed by atoms with Gasteiger partial charge in [-0.1, -0.05) is 72.5 Å². The van der Waals surface area contributed by atoms with Crippen molar-refractivity contribution in [2.45, 2.75) is 0 Å². The zero-order chi connectivity index (χ0) is 29.4. The van der Waals surface area contributed by atoms with Crippen molar-refractivity contribution < 1.29 is 9.47 Å². The summed E-state index contributed by atoms with van der Waals surface area (Å²) in [6, 6.07) is 38.1. The first-order chi connectivity index (χ1) is 21.2. The third-order valence-electron chi connectivity index (χ3n) is 6.89. The van der Waals surface area contributed by atoms with Gasteiger partial charge in [-0.05, 0) is 77.4 Å².